The second-order valence-corrected chi connectivity index (χ2v) is 7.53. The van der Waals surface area contributed by atoms with E-state index in [1.807, 2.05) is 13.8 Å². The van der Waals surface area contributed by atoms with Gasteiger partial charge in [0.25, 0.3) is 0 Å². The van der Waals surface area contributed by atoms with Gasteiger partial charge in [-0.15, -0.1) is 0 Å². The van der Waals surface area contributed by atoms with Crippen molar-refractivity contribution in [3.63, 3.8) is 0 Å². The molecule has 0 saturated heterocycles. The van der Waals surface area contributed by atoms with Crippen molar-refractivity contribution in [2.45, 2.75) is 97.5 Å². The van der Waals surface area contributed by atoms with Crippen molar-refractivity contribution in [1.29, 1.82) is 0 Å². The quantitative estimate of drug-likeness (QED) is 0.196. The molecule has 0 aromatic carbocycles. The van der Waals surface area contributed by atoms with Crippen LogP contribution in [0.25, 0.3) is 0 Å². The fraction of sp³-hybridized carbons (Fsp3) is 1.00. The predicted octanol–water partition coefficient (Wildman–Crippen LogP) is -1.82. The summed E-state index contributed by atoms with van der Waals surface area (Å²) in [6.45, 7) is 6.23. The molecular weight excluding hydrogens is 365 g/mol. The van der Waals surface area contributed by atoms with Gasteiger partial charge in [-0.1, -0.05) is 78.6 Å². The second kappa shape index (κ2) is 20.1. The number of rotatable bonds is 14. The van der Waals surface area contributed by atoms with Crippen LogP contribution in [0, 0.1) is 5.92 Å². The Balaban J connectivity index is -0.00000200. The normalized spacial score (nSPS) is 12.6. The fourth-order valence-electron chi connectivity index (χ4n) is 2.60. The minimum atomic E-state index is -4.86. The summed E-state index contributed by atoms with van der Waals surface area (Å²) in [5.74, 6) is 0.333. The van der Waals surface area contributed by atoms with E-state index in [0.717, 1.165) is 12.8 Å². The number of phosphoric acid groups is 1. The minimum Gasteiger partial charge on any atom is -0.790 e. The van der Waals surface area contributed by atoms with Crippen molar-refractivity contribution in [3.8, 4) is 0 Å². The molecule has 7 heteroatoms. The monoisotopic (exact) mass is 398 g/mol. The summed E-state index contributed by atoms with van der Waals surface area (Å²) in [6.07, 6.45) is 11.9. The molecule has 0 aliphatic rings. The third-order valence-electron chi connectivity index (χ3n) is 3.64. The Labute approximate surface area is 228 Å². The van der Waals surface area contributed by atoms with E-state index in [1.54, 1.807) is 0 Å². The van der Waals surface area contributed by atoms with Crippen LogP contribution in [0.1, 0.15) is 91.4 Å². The van der Waals surface area contributed by atoms with Gasteiger partial charge in [0.2, 0.25) is 0 Å². The number of unbranched alkanes of at least 4 members (excludes halogenated alkanes) is 8. The maximum Gasteiger partial charge on any atom is 1.00 e. The zero-order chi connectivity index (χ0) is 16.1. The Morgan fingerprint density at radius 1 is 0.870 bits per heavy atom. The molecule has 128 valence electrons. The van der Waals surface area contributed by atoms with E-state index in [1.165, 1.54) is 44.9 Å². The summed E-state index contributed by atoms with van der Waals surface area (Å²) < 4.78 is 15.4. The first-order valence-corrected chi connectivity index (χ1v) is 10.0. The third-order valence-corrected chi connectivity index (χ3v) is 4.20. The smallest absolute Gasteiger partial charge is 0.790 e. The molecular formula is C16H33K2O4P. The van der Waals surface area contributed by atoms with E-state index in [-0.39, 0.29) is 103 Å². The Hall–Kier alpha value is 3.38. The van der Waals surface area contributed by atoms with Crippen LogP contribution in [0.15, 0.2) is 0 Å². The van der Waals surface area contributed by atoms with Gasteiger partial charge in [-0.05, 0) is 18.8 Å². The first kappa shape index (κ1) is 31.1. The summed E-state index contributed by atoms with van der Waals surface area (Å²) in [7, 11) is -4.86. The topological polar surface area (TPSA) is 72.4 Å². The van der Waals surface area contributed by atoms with Gasteiger partial charge in [-0.25, -0.2) is 0 Å². The van der Waals surface area contributed by atoms with Crippen LogP contribution in [-0.2, 0) is 9.09 Å². The van der Waals surface area contributed by atoms with Gasteiger partial charge < -0.3 is 18.9 Å². The number of hydrogen-bond acceptors (Lipinski definition) is 4. The molecule has 0 fully saturated rings. The summed E-state index contributed by atoms with van der Waals surface area (Å²) in [5, 5.41) is 0. The van der Waals surface area contributed by atoms with Crippen LogP contribution in [0.5, 0.6) is 0 Å². The van der Waals surface area contributed by atoms with Crippen LogP contribution in [0.3, 0.4) is 0 Å². The molecule has 0 aliphatic heterocycles. The van der Waals surface area contributed by atoms with Crippen molar-refractivity contribution in [2.75, 3.05) is 0 Å². The molecule has 0 heterocycles. The zero-order valence-electron chi connectivity index (χ0n) is 16.0. The van der Waals surface area contributed by atoms with Crippen molar-refractivity contribution >= 4 is 7.82 Å². The van der Waals surface area contributed by atoms with Gasteiger partial charge >= 0.3 is 103 Å². The Morgan fingerprint density at radius 2 is 1.30 bits per heavy atom. The molecule has 0 bridgehead atoms. The van der Waals surface area contributed by atoms with Gasteiger partial charge in [0.1, 0.15) is 0 Å². The van der Waals surface area contributed by atoms with Crippen molar-refractivity contribution < 1.29 is 122 Å². The van der Waals surface area contributed by atoms with Gasteiger partial charge in [-0.3, -0.25) is 0 Å². The average molecular weight is 399 g/mol. The molecule has 0 saturated carbocycles. The molecule has 0 N–H and O–H groups in total. The molecule has 0 aromatic rings. The summed E-state index contributed by atoms with van der Waals surface area (Å²) in [4.78, 5) is 21.5. The molecule has 0 amide bonds. The second-order valence-electron chi connectivity index (χ2n) is 6.42. The summed E-state index contributed by atoms with van der Waals surface area (Å²) >= 11 is 0. The summed E-state index contributed by atoms with van der Waals surface area (Å²) in [6, 6.07) is 0. The van der Waals surface area contributed by atoms with E-state index >= 15 is 0 Å². The zero-order valence-corrected chi connectivity index (χ0v) is 23.2. The van der Waals surface area contributed by atoms with E-state index in [9.17, 15) is 14.4 Å². The Kier molecular flexibility index (Phi) is 27.2. The number of phosphoric ester groups is 1. The Bertz CT molecular complexity index is 285. The molecule has 0 radical (unpaired) electrons. The molecule has 0 spiro atoms. The first-order valence-electron chi connectivity index (χ1n) is 8.55. The van der Waals surface area contributed by atoms with Crippen LogP contribution in [-0.4, -0.2) is 6.10 Å². The maximum absolute atomic E-state index is 10.7. The van der Waals surface area contributed by atoms with Crippen LogP contribution >= 0.6 is 7.82 Å². The third kappa shape index (κ3) is 25.4. The van der Waals surface area contributed by atoms with E-state index in [2.05, 4.69) is 11.4 Å². The molecule has 1 unspecified atom stereocenters. The van der Waals surface area contributed by atoms with Crippen molar-refractivity contribution in [3.05, 3.63) is 0 Å². The SMILES string of the molecule is CCCCCCCCCCCC(CC(C)C)OP(=O)([O-])[O-].[K+].[K+]. The van der Waals surface area contributed by atoms with Gasteiger partial charge in [-0.2, -0.15) is 0 Å². The van der Waals surface area contributed by atoms with E-state index < -0.39 is 13.9 Å². The predicted molar refractivity (Wildman–Crippen MR) is 83.8 cm³/mol. The van der Waals surface area contributed by atoms with Crippen LogP contribution < -0.4 is 113 Å². The molecule has 0 aliphatic carbocycles. The summed E-state index contributed by atoms with van der Waals surface area (Å²) in [5.41, 5.74) is 0. The minimum absolute atomic E-state index is 0. The largest absolute Gasteiger partial charge is 1.00 e. The fourth-order valence-corrected chi connectivity index (χ4v) is 3.16. The van der Waals surface area contributed by atoms with Crippen molar-refractivity contribution in [2.24, 2.45) is 5.92 Å². The van der Waals surface area contributed by atoms with E-state index in [0.29, 0.717) is 18.8 Å². The van der Waals surface area contributed by atoms with Gasteiger partial charge in [0.05, 0.1) is 13.9 Å². The van der Waals surface area contributed by atoms with Crippen LogP contribution in [0.4, 0.5) is 0 Å². The number of hydrogen-bond donors (Lipinski definition) is 0. The molecule has 0 aromatic heterocycles. The Morgan fingerprint density at radius 3 is 1.70 bits per heavy atom. The first-order chi connectivity index (χ1) is 9.85. The van der Waals surface area contributed by atoms with Crippen LogP contribution in [0.2, 0.25) is 0 Å². The molecule has 23 heavy (non-hydrogen) atoms. The van der Waals surface area contributed by atoms with E-state index in [4.69, 9.17) is 0 Å². The van der Waals surface area contributed by atoms with Gasteiger partial charge in [0.15, 0.2) is 0 Å². The standard InChI is InChI=1S/C16H35O4P.2K/c1-4-5-6-7-8-9-10-11-12-13-16(14-15(2)3)20-21(17,18)19;;/h15-16H,4-14H2,1-3H3,(H2,17,18,19);;/q;2*+1/p-2. The van der Waals surface area contributed by atoms with Crippen molar-refractivity contribution in [1.82, 2.24) is 0 Å². The maximum atomic E-state index is 10.7. The molecule has 0 rings (SSSR count). The average Bonchev–Trinajstić information content (AvgIpc) is 2.34. The molecule has 4 nitrogen and oxygen atoms in total. The van der Waals surface area contributed by atoms with Gasteiger partial charge in [0, 0.05) is 0 Å². The molecule has 1 atom stereocenters.